The van der Waals surface area contributed by atoms with Gasteiger partial charge in [-0.2, -0.15) is 13.2 Å². The standard InChI is InChI=1S/C9H4F3I/c10-9(11,12)8-3-1-2-7(6-8)4-5-13/h1-3,6H. The molecule has 0 aliphatic carbocycles. The zero-order valence-corrected chi connectivity index (χ0v) is 8.48. The summed E-state index contributed by atoms with van der Waals surface area (Å²) < 4.78 is 39.0. The topological polar surface area (TPSA) is 0 Å². The van der Waals surface area contributed by atoms with Gasteiger partial charge in [0, 0.05) is 28.2 Å². The third kappa shape index (κ3) is 2.92. The van der Waals surface area contributed by atoms with Crippen molar-refractivity contribution in [2.45, 2.75) is 6.18 Å². The summed E-state index contributed by atoms with van der Waals surface area (Å²) in [4.78, 5) is 0. The molecule has 0 atom stereocenters. The average molecular weight is 296 g/mol. The number of alkyl halides is 3. The maximum Gasteiger partial charge on any atom is 0.416 e. The van der Waals surface area contributed by atoms with E-state index < -0.39 is 11.7 Å². The van der Waals surface area contributed by atoms with Crippen LogP contribution in [0.2, 0.25) is 0 Å². The molecular formula is C9H4F3I. The summed E-state index contributed by atoms with van der Waals surface area (Å²) in [6.45, 7) is 0. The zero-order valence-electron chi connectivity index (χ0n) is 6.32. The highest BCUT2D eigenvalue weighted by molar-refractivity contribution is 14.1. The van der Waals surface area contributed by atoms with E-state index in [-0.39, 0.29) is 0 Å². The van der Waals surface area contributed by atoms with Crippen LogP contribution in [0.5, 0.6) is 0 Å². The van der Waals surface area contributed by atoms with E-state index >= 15 is 0 Å². The Morgan fingerprint density at radius 3 is 2.46 bits per heavy atom. The second kappa shape index (κ2) is 4.01. The highest BCUT2D eigenvalue weighted by atomic mass is 127. The molecule has 0 saturated carbocycles. The van der Waals surface area contributed by atoms with E-state index in [2.05, 4.69) is 9.85 Å². The lowest BCUT2D eigenvalue weighted by molar-refractivity contribution is -0.137. The van der Waals surface area contributed by atoms with Gasteiger partial charge in [0.2, 0.25) is 0 Å². The van der Waals surface area contributed by atoms with E-state index in [1.54, 1.807) is 28.7 Å². The molecule has 0 bridgehead atoms. The van der Waals surface area contributed by atoms with Gasteiger partial charge in [0.25, 0.3) is 0 Å². The first-order valence-corrected chi connectivity index (χ1v) is 4.41. The monoisotopic (exact) mass is 296 g/mol. The van der Waals surface area contributed by atoms with Crippen LogP contribution in [-0.4, -0.2) is 0 Å². The molecule has 4 heteroatoms. The van der Waals surface area contributed by atoms with Crippen LogP contribution in [-0.2, 0) is 6.18 Å². The van der Waals surface area contributed by atoms with Gasteiger partial charge >= 0.3 is 6.18 Å². The lowest BCUT2D eigenvalue weighted by Gasteiger charge is -2.05. The molecule has 0 aliphatic rings. The first-order chi connectivity index (χ1) is 6.04. The minimum atomic E-state index is -4.29. The molecule has 1 rings (SSSR count). The van der Waals surface area contributed by atoms with Gasteiger partial charge in [-0.15, -0.1) is 0 Å². The van der Waals surface area contributed by atoms with Gasteiger partial charge in [-0.05, 0) is 22.1 Å². The molecule has 0 aliphatic heterocycles. The Kier molecular flexibility index (Phi) is 3.20. The Labute approximate surface area is 87.3 Å². The summed E-state index contributed by atoms with van der Waals surface area (Å²) in [6.07, 6.45) is -4.29. The lowest BCUT2D eigenvalue weighted by Crippen LogP contribution is -2.04. The van der Waals surface area contributed by atoms with E-state index in [9.17, 15) is 13.2 Å². The van der Waals surface area contributed by atoms with Crippen molar-refractivity contribution in [1.29, 1.82) is 0 Å². The highest BCUT2D eigenvalue weighted by Gasteiger charge is 2.30. The van der Waals surface area contributed by atoms with Crippen LogP contribution in [0.15, 0.2) is 24.3 Å². The number of hydrogen-bond donors (Lipinski definition) is 0. The van der Waals surface area contributed by atoms with Crippen molar-refractivity contribution < 1.29 is 13.2 Å². The number of halogens is 4. The molecule has 0 spiro atoms. The molecule has 0 nitrogen and oxygen atoms in total. The van der Waals surface area contributed by atoms with Crippen molar-refractivity contribution in [3.05, 3.63) is 35.4 Å². The van der Waals surface area contributed by atoms with Gasteiger partial charge in [-0.1, -0.05) is 12.0 Å². The second-order valence-electron chi connectivity index (χ2n) is 2.30. The Hall–Kier alpha value is -0.700. The second-order valence-corrected chi connectivity index (χ2v) is 2.84. The van der Waals surface area contributed by atoms with Crippen LogP contribution >= 0.6 is 22.6 Å². The highest BCUT2D eigenvalue weighted by Crippen LogP contribution is 2.29. The van der Waals surface area contributed by atoms with Crippen molar-refractivity contribution in [2.24, 2.45) is 0 Å². The molecule has 0 saturated heterocycles. The maximum absolute atomic E-state index is 12.2. The van der Waals surface area contributed by atoms with Crippen molar-refractivity contribution >= 4 is 22.6 Å². The fourth-order valence-corrected chi connectivity index (χ4v) is 1.14. The molecule has 0 unspecified atom stereocenters. The summed E-state index contributed by atoms with van der Waals surface area (Å²) in [5.41, 5.74) is -0.284. The van der Waals surface area contributed by atoms with Crippen molar-refractivity contribution in [1.82, 2.24) is 0 Å². The van der Waals surface area contributed by atoms with E-state index in [0.717, 1.165) is 12.1 Å². The number of benzene rings is 1. The normalized spacial score (nSPS) is 10.5. The predicted molar refractivity (Wildman–Crippen MR) is 52.3 cm³/mol. The average Bonchev–Trinajstić information content (AvgIpc) is 2.04. The first-order valence-electron chi connectivity index (χ1n) is 3.33. The number of hydrogen-bond acceptors (Lipinski definition) is 0. The Morgan fingerprint density at radius 1 is 1.23 bits per heavy atom. The van der Waals surface area contributed by atoms with E-state index in [1.807, 2.05) is 0 Å². The van der Waals surface area contributed by atoms with Gasteiger partial charge in [0.05, 0.1) is 5.56 Å². The zero-order chi connectivity index (χ0) is 9.90. The third-order valence-electron chi connectivity index (χ3n) is 1.38. The van der Waals surface area contributed by atoms with Crippen LogP contribution in [0.3, 0.4) is 0 Å². The van der Waals surface area contributed by atoms with Crippen LogP contribution in [0.4, 0.5) is 13.2 Å². The first kappa shape index (κ1) is 10.4. The largest absolute Gasteiger partial charge is 0.416 e. The molecule has 0 aromatic heterocycles. The third-order valence-corrected chi connectivity index (χ3v) is 1.65. The molecule has 1 aromatic carbocycles. The molecule has 0 amide bonds. The summed E-state index contributed by atoms with van der Waals surface area (Å²) in [5, 5.41) is 0. The van der Waals surface area contributed by atoms with Crippen LogP contribution < -0.4 is 0 Å². The van der Waals surface area contributed by atoms with Gasteiger partial charge in [0.15, 0.2) is 0 Å². The summed E-state index contributed by atoms with van der Waals surface area (Å²) in [5.74, 6) is 2.56. The summed E-state index contributed by atoms with van der Waals surface area (Å²) in [6, 6.07) is 4.95. The molecule has 13 heavy (non-hydrogen) atoms. The van der Waals surface area contributed by atoms with Crippen molar-refractivity contribution in [3.63, 3.8) is 0 Å². The Morgan fingerprint density at radius 2 is 1.92 bits per heavy atom. The smallest absolute Gasteiger partial charge is 0.166 e. The molecular weight excluding hydrogens is 292 g/mol. The number of rotatable bonds is 0. The molecule has 0 heterocycles. The SMILES string of the molecule is FC(F)(F)c1cccc(C#CI)c1. The van der Waals surface area contributed by atoms with Crippen LogP contribution in [0.1, 0.15) is 11.1 Å². The molecule has 0 N–H and O–H groups in total. The Balaban J connectivity index is 3.10. The fraction of sp³-hybridized carbons (Fsp3) is 0.111. The quantitative estimate of drug-likeness (QED) is 0.508. The molecule has 68 valence electrons. The summed E-state index contributed by atoms with van der Waals surface area (Å²) in [7, 11) is 0. The van der Waals surface area contributed by atoms with Crippen LogP contribution in [0, 0.1) is 9.85 Å². The minimum absolute atomic E-state index is 0.379. The lowest BCUT2D eigenvalue weighted by atomic mass is 10.1. The van der Waals surface area contributed by atoms with E-state index in [1.165, 1.54) is 6.07 Å². The molecule has 0 radical (unpaired) electrons. The van der Waals surface area contributed by atoms with E-state index in [4.69, 9.17) is 0 Å². The Bertz CT molecular complexity index is 357. The predicted octanol–water partition coefficient (Wildman–Crippen LogP) is 3.45. The van der Waals surface area contributed by atoms with Crippen molar-refractivity contribution in [2.75, 3.05) is 0 Å². The van der Waals surface area contributed by atoms with Gasteiger partial charge < -0.3 is 0 Å². The fourth-order valence-electron chi connectivity index (χ4n) is 0.828. The molecule has 1 aromatic rings. The van der Waals surface area contributed by atoms with Gasteiger partial charge in [-0.3, -0.25) is 0 Å². The van der Waals surface area contributed by atoms with E-state index in [0.29, 0.717) is 5.56 Å². The van der Waals surface area contributed by atoms with Gasteiger partial charge in [-0.25, -0.2) is 0 Å². The van der Waals surface area contributed by atoms with Crippen LogP contribution in [0.25, 0.3) is 0 Å². The van der Waals surface area contributed by atoms with Crippen molar-refractivity contribution in [3.8, 4) is 9.85 Å². The van der Waals surface area contributed by atoms with Gasteiger partial charge in [0.1, 0.15) is 0 Å². The minimum Gasteiger partial charge on any atom is -0.166 e. The summed E-state index contributed by atoms with van der Waals surface area (Å²) >= 11 is 1.78. The maximum atomic E-state index is 12.2. The molecule has 0 fully saturated rings.